The Hall–Kier alpha value is -2.04. The van der Waals surface area contributed by atoms with Crippen LogP contribution in [0.3, 0.4) is 0 Å². The quantitative estimate of drug-likeness (QED) is 0.869. The van der Waals surface area contributed by atoms with E-state index < -0.39 is 11.3 Å². The summed E-state index contributed by atoms with van der Waals surface area (Å²) in [5.41, 5.74) is -0.391. The summed E-state index contributed by atoms with van der Waals surface area (Å²) >= 11 is 0. The lowest BCUT2D eigenvalue weighted by molar-refractivity contribution is -0.125. The van der Waals surface area contributed by atoms with Gasteiger partial charge in [-0.3, -0.25) is 9.59 Å². The topological polar surface area (TPSA) is 75.6 Å². The summed E-state index contributed by atoms with van der Waals surface area (Å²) in [6.07, 6.45) is 0. The summed E-state index contributed by atoms with van der Waals surface area (Å²) in [6.45, 7) is 5.29. The van der Waals surface area contributed by atoms with Gasteiger partial charge in [-0.15, -0.1) is 0 Å². The number of ether oxygens (including phenoxy) is 1. The number of carbonyl (C=O) groups is 2. The van der Waals surface area contributed by atoms with Crippen molar-refractivity contribution in [3.05, 3.63) is 23.8 Å². The van der Waals surface area contributed by atoms with E-state index >= 15 is 0 Å². The highest BCUT2D eigenvalue weighted by Gasteiger charge is 2.22. The Kier molecular flexibility index (Phi) is 4.53. The summed E-state index contributed by atoms with van der Waals surface area (Å²) in [6, 6.07) is 4.37. The van der Waals surface area contributed by atoms with Crippen molar-refractivity contribution in [3.8, 4) is 11.5 Å². The summed E-state index contributed by atoms with van der Waals surface area (Å²) in [5.74, 6) is -0.286. The molecule has 0 spiro atoms. The average molecular weight is 265 g/mol. The van der Waals surface area contributed by atoms with Crippen molar-refractivity contribution in [3.63, 3.8) is 0 Å². The van der Waals surface area contributed by atoms with Crippen LogP contribution in [0.4, 0.5) is 0 Å². The number of hydrogen-bond acceptors (Lipinski definition) is 4. The summed E-state index contributed by atoms with van der Waals surface area (Å²) in [7, 11) is 1.47. The second kappa shape index (κ2) is 5.73. The zero-order valence-electron chi connectivity index (χ0n) is 11.6. The van der Waals surface area contributed by atoms with Crippen LogP contribution in [0.25, 0.3) is 0 Å². The maximum absolute atomic E-state index is 11.8. The Morgan fingerprint density at radius 1 is 1.32 bits per heavy atom. The Bertz CT molecular complexity index is 489. The van der Waals surface area contributed by atoms with E-state index in [1.54, 1.807) is 26.8 Å². The van der Waals surface area contributed by atoms with Gasteiger partial charge in [0.05, 0.1) is 19.2 Å². The first-order valence-corrected chi connectivity index (χ1v) is 5.94. The van der Waals surface area contributed by atoms with E-state index in [9.17, 15) is 14.7 Å². The van der Waals surface area contributed by atoms with Crippen LogP contribution in [0.2, 0.25) is 0 Å². The molecule has 0 radical (unpaired) electrons. The maximum Gasteiger partial charge on any atom is 0.255 e. The Balaban J connectivity index is 2.72. The first-order chi connectivity index (χ1) is 8.75. The molecule has 0 fully saturated rings. The minimum atomic E-state index is -0.505. The molecule has 0 aliphatic carbocycles. The van der Waals surface area contributed by atoms with Gasteiger partial charge in [0.15, 0.2) is 5.78 Å². The van der Waals surface area contributed by atoms with Crippen LogP contribution >= 0.6 is 0 Å². The van der Waals surface area contributed by atoms with E-state index in [-0.39, 0.29) is 23.6 Å². The fraction of sp³-hybridized carbons (Fsp3) is 0.429. The molecular weight excluding hydrogens is 246 g/mol. The molecule has 0 aliphatic rings. The highest BCUT2D eigenvalue weighted by atomic mass is 16.5. The molecule has 0 heterocycles. The number of hydrogen-bond donors (Lipinski definition) is 2. The number of phenolic OH excluding ortho intramolecular Hbond substituents is 1. The molecule has 0 atom stereocenters. The number of rotatable bonds is 4. The standard InChI is InChI=1S/C14H19NO4/c1-14(2,3)12(17)8-15-13(18)10-6-5-9(19-4)7-11(10)16/h5-7,16H,8H2,1-4H3,(H,15,18). The van der Waals surface area contributed by atoms with Gasteiger partial charge in [0.2, 0.25) is 0 Å². The van der Waals surface area contributed by atoms with Gasteiger partial charge < -0.3 is 15.2 Å². The van der Waals surface area contributed by atoms with E-state index in [1.165, 1.54) is 19.2 Å². The third-order valence-corrected chi connectivity index (χ3v) is 2.70. The number of carbonyl (C=O) groups excluding carboxylic acids is 2. The van der Waals surface area contributed by atoms with Crippen molar-refractivity contribution in [2.24, 2.45) is 5.41 Å². The molecule has 19 heavy (non-hydrogen) atoms. The number of nitrogens with one attached hydrogen (secondary N) is 1. The molecule has 1 rings (SSSR count). The third kappa shape index (κ3) is 3.98. The van der Waals surface area contributed by atoms with E-state index in [0.717, 1.165) is 0 Å². The highest BCUT2D eigenvalue weighted by molar-refractivity contribution is 5.99. The van der Waals surface area contributed by atoms with Crippen LogP contribution in [0, 0.1) is 5.41 Å². The largest absolute Gasteiger partial charge is 0.507 e. The van der Waals surface area contributed by atoms with E-state index in [1.807, 2.05) is 0 Å². The Labute approximate surface area is 112 Å². The molecular formula is C14H19NO4. The summed E-state index contributed by atoms with van der Waals surface area (Å²) in [4.78, 5) is 23.5. The minimum absolute atomic E-state index is 0.0617. The van der Waals surface area contributed by atoms with Crippen molar-refractivity contribution in [2.45, 2.75) is 20.8 Å². The summed E-state index contributed by atoms with van der Waals surface area (Å²) < 4.78 is 4.93. The fourth-order valence-electron chi connectivity index (χ4n) is 1.35. The van der Waals surface area contributed by atoms with Gasteiger partial charge >= 0.3 is 0 Å². The maximum atomic E-state index is 11.8. The molecule has 5 heteroatoms. The lowest BCUT2D eigenvalue weighted by Gasteiger charge is -2.16. The smallest absolute Gasteiger partial charge is 0.255 e. The molecule has 0 unspecified atom stereocenters. The normalized spacial score (nSPS) is 10.9. The molecule has 1 aromatic rings. The molecule has 0 aliphatic heterocycles. The number of methoxy groups -OCH3 is 1. The Morgan fingerprint density at radius 2 is 1.95 bits per heavy atom. The van der Waals surface area contributed by atoms with Gasteiger partial charge in [0.1, 0.15) is 11.5 Å². The van der Waals surface area contributed by atoms with Crippen molar-refractivity contribution >= 4 is 11.7 Å². The number of ketones is 1. The predicted molar refractivity (Wildman–Crippen MR) is 71.5 cm³/mol. The number of aromatic hydroxyl groups is 1. The zero-order valence-corrected chi connectivity index (χ0v) is 11.6. The van der Waals surface area contributed by atoms with E-state index in [0.29, 0.717) is 5.75 Å². The molecule has 104 valence electrons. The third-order valence-electron chi connectivity index (χ3n) is 2.70. The first-order valence-electron chi connectivity index (χ1n) is 5.94. The van der Waals surface area contributed by atoms with Gasteiger partial charge in [-0.1, -0.05) is 20.8 Å². The molecule has 1 amide bonds. The molecule has 0 bridgehead atoms. The second-order valence-corrected chi connectivity index (χ2v) is 5.24. The molecule has 5 nitrogen and oxygen atoms in total. The van der Waals surface area contributed by atoms with Crippen LogP contribution < -0.4 is 10.1 Å². The number of phenols is 1. The second-order valence-electron chi connectivity index (χ2n) is 5.24. The van der Waals surface area contributed by atoms with Crippen molar-refractivity contribution in [1.29, 1.82) is 0 Å². The van der Waals surface area contributed by atoms with Crippen LogP contribution in [0.5, 0.6) is 11.5 Å². The van der Waals surface area contributed by atoms with Crippen molar-refractivity contribution in [1.82, 2.24) is 5.32 Å². The van der Waals surface area contributed by atoms with Gasteiger partial charge in [-0.2, -0.15) is 0 Å². The van der Waals surface area contributed by atoms with Gasteiger partial charge in [-0.25, -0.2) is 0 Å². The van der Waals surface area contributed by atoms with Crippen molar-refractivity contribution < 1.29 is 19.4 Å². The highest BCUT2D eigenvalue weighted by Crippen LogP contribution is 2.23. The number of benzene rings is 1. The molecule has 1 aromatic carbocycles. The van der Waals surface area contributed by atoms with Gasteiger partial charge in [0, 0.05) is 11.5 Å². The van der Waals surface area contributed by atoms with Crippen molar-refractivity contribution in [2.75, 3.05) is 13.7 Å². The van der Waals surface area contributed by atoms with Crippen LogP contribution in [0.15, 0.2) is 18.2 Å². The van der Waals surface area contributed by atoms with Crippen LogP contribution in [-0.2, 0) is 4.79 Å². The first kappa shape index (κ1) is 15.0. The zero-order chi connectivity index (χ0) is 14.6. The number of Topliss-reactive ketones (excluding diaryl/α,β-unsaturated/α-hetero) is 1. The van der Waals surface area contributed by atoms with Gasteiger partial charge in [0.25, 0.3) is 5.91 Å². The molecule has 0 saturated heterocycles. The minimum Gasteiger partial charge on any atom is -0.507 e. The SMILES string of the molecule is COc1ccc(C(=O)NCC(=O)C(C)(C)C)c(O)c1. The Morgan fingerprint density at radius 3 is 2.42 bits per heavy atom. The van der Waals surface area contributed by atoms with Gasteiger partial charge in [-0.05, 0) is 12.1 Å². The van der Waals surface area contributed by atoms with E-state index in [2.05, 4.69) is 5.32 Å². The average Bonchev–Trinajstić information content (AvgIpc) is 2.34. The van der Waals surface area contributed by atoms with Crippen LogP contribution in [0.1, 0.15) is 31.1 Å². The lowest BCUT2D eigenvalue weighted by Crippen LogP contribution is -2.35. The van der Waals surface area contributed by atoms with Crippen LogP contribution in [-0.4, -0.2) is 30.5 Å². The molecule has 0 saturated carbocycles. The predicted octanol–water partition coefficient (Wildman–Crippen LogP) is 1.75. The monoisotopic (exact) mass is 265 g/mol. The molecule has 0 aromatic heterocycles. The van der Waals surface area contributed by atoms with E-state index in [4.69, 9.17) is 4.74 Å². The fourth-order valence-corrected chi connectivity index (χ4v) is 1.35. The number of amides is 1. The lowest BCUT2D eigenvalue weighted by atomic mass is 9.91. The molecule has 2 N–H and O–H groups in total. The summed E-state index contributed by atoms with van der Waals surface area (Å²) in [5, 5.41) is 12.2.